The van der Waals surface area contributed by atoms with Crippen molar-refractivity contribution in [3.8, 4) is 0 Å². The Balaban J connectivity index is 0.00000192. The number of amides is 1. The van der Waals surface area contributed by atoms with E-state index in [9.17, 15) is 4.79 Å². The Kier molecular flexibility index (Phi) is 5.68. The Morgan fingerprint density at radius 1 is 1.43 bits per heavy atom. The van der Waals surface area contributed by atoms with Gasteiger partial charge in [-0.15, -0.1) is 12.4 Å². The highest BCUT2D eigenvalue weighted by Gasteiger charge is 2.30. The van der Waals surface area contributed by atoms with Crippen molar-refractivity contribution in [3.05, 3.63) is 35.6 Å². The summed E-state index contributed by atoms with van der Waals surface area (Å²) in [6.45, 7) is 4.69. The third-order valence-corrected chi connectivity index (χ3v) is 4.37. The van der Waals surface area contributed by atoms with E-state index in [-0.39, 0.29) is 36.5 Å². The molecular formula is C17H23ClN2O3. The zero-order valence-electron chi connectivity index (χ0n) is 13.6. The molecule has 0 spiro atoms. The fraction of sp³-hybridized carbons (Fsp3) is 0.471. The zero-order chi connectivity index (χ0) is 15.7. The molecule has 6 heteroatoms. The number of nitrogens with one attached hydrogen (secondary N) is 2. The van der Waals surface area contributed by atoms with Gasteiger partial charge in [-0.2, -0.15) is 0 Å². The van der Waals surface area contributed by atoms with E-state index in [1.807, 2.05) is 38.1 Å². The molecule has 3 rings (SSSR count). The minimum absolute atomic E-state index is 0. The Morgan fingerprint density at radius 3 is 2.83 bits per heavy atom. The smallest absolute Gasteiger partial charge is 0.237 e. The SMILES string of the molecule is CO[C@@H]1CN[C@@H](C(=O)NC(C)c2oc3ccccc3c2C)C1.Cl. The van der Waals surface area contributed by atoms with Gasteiger partial charge in [0.25, 0.3) is 0 Å². The minimum Gasteiger partial charge on any atom is -0.459 e. The number of fused-ring (bicyclic) bond motifs is 1. The molecule has 0 bridgehead atoms. The monoisotopic (exact) mass is 338 g/mol. The predicted octanol–water partition coefficient (Wildman–Crippen LogP) is 2.72. The number of halogens is 1. The van der Waals surface area contributed by atoms with Crippen LogP contribution in [0, 0.1) is 6.92 Å². The van der Waals surface area contributed by atoms with Crippen LogP contribution in [0.3, 0.4) is 0 Å². The lowest BCUT2D eigenvalue weighted by atomic mass is 10.1. The molecule has 23 heavy (non-hydrogen) atoms. The van der Waals surface area contributed by atoms with E-state index >= 15 is 0 Å². The van der Waals surface area contributed by atoms with Crippen LogP contribution in [0.15, 0.2) is 28.7 Å². The molecule has 1 aliphatic heterocycles. The quantitative estimate of drug-likeness (QED) is 0.899. The summed E-state index contributed by atoms with van der Waals surface area (Å²) < 4.78 is 11.2. The number of carbonyl (C=O) groups is 1. The molecule has 2 heterocycles. The van der Waals surface area contributed by atoms with E-state index in [1.54, 1.807) is 7.11 Å². The fourth-order valence-corrected chi connectivity index (χ4v) is 3.07. The van der Waals surface area contributed by atoms with E-state index in [4.69, 9.17) is 9.15 Å². The van der Waals surface area contributed by atoms with Crippen LogP contribution in [-0.4, -0.2) is 31.7 Å². The lowest BCUT2D eigenvalue weighted by molar-refractivity contribution is -0.123. The van der Waals surface area contributed by atoms with Crippen LogP contribution in [0.2, 0.25) is 0 Å². The average Bonchev–Trinajstić information content (AvgIpc) is 3.12. The molecule has 1 unspecified atom stereocenters. The van der Waals surface area contributed by atoms with Crippen LogP contribution in [0.1, 0.15) is 30.7 Å². The fourth-order valence-electron chi connectivity index (χ4n) is 3.07. The first-order valence-corrected chi connectivity index (χ1v) is 7.64. The maximum atomic E-state index is 12.3. The van der Waals surface area contributed by atoms with Crippen LogP contribution in [0.4, 0.5) is 0 Å². The number of carbonyl (C=O) groups excluding carboxylic acids is 1. The van der Waals surface area contributed by atoms with Gasteiger partial charge in [-0.05, 0) is 26.3 Å². The molecule has 1 fully saturated rings. The molecule has 2 N–H and O–H groups in total. The van der Waals surface area contributed by atoms with Gasteiger partial charge in [0.2, 0.25) is 5.91 Å². The molecule has 0 saturated carbocycles. The Bertz CT molecular complexity index is 686. The van der Waals surface area contributed by atoms with Crippen molar-refractivity contribution in [1.82, 2.24) is 10.6 Å². The van der Waals surface area contributed by atoms with Gasteiger partial charge in [-0.3, -0.25) is 4.79 Å². The van der Waals surface area contributed by atoms with Crippen molar-refractivity contribution in [1.29, 1.82) is 0 Å². The first-order chi connectivity index (χ1) is 10.6. The molecule has 1 aromatic carbocycles. The third kappa shape index (κ3) is 3.52. The Hall–Kier alpha value is -1.56. The lowest BCUT2D eigenvalue weighted by Crippen LogP contribution is -2.41. The van der Waals surface area contributed by atoms with Crippen molar-refractivity contribution in [2.24, 2.45) is 0 Å². The molecule has 1 aromatic heterocycles. The van der Waals surface area contributed by atoms with Crippen molar-refractivity contribution in [3.63, 3.8) is 0 Å². The van der Waals surface area contributed by atoms with Gasteiger partial charge >= 0.3 is 0 Å². The number of benzene rings is 1. The van der Waals surface area contributed by atoms with Gasteiger partial charge in [-0.1, -0.05) is 18.2 Å². The second-order valence-corrected chi connectivity index (χ2v) is 5.87. The Morgan fingerprint density at radius 2 is 2.17 bits per heavy atom. The molecule has 1 aliphatic rings. The number of para-hydroxylation sites is 1. The summed E-state index contributed by atoms with van der Waals surface area (Å²) in [7, 11) is 1.67. The van der Waals surface area contributed by atoms with Gasteiger partial charge in [0.15, 0.2) is 0 Å². The largest absolute Gasteiger partial charge is 0.459 e. The van der Waals surface area contributed by atoms with Crippen molar-refractivity contribution >= 4 is 29.3 Å². The highest BCUT2D eigenvalue weighted by molar-refractivity contribution is 5.85. The topological polar surface area (TPSA) is 63.5 Å². The second-order valence-electron chi connectivity index (χ2n) is 5.87. The number of hydrogen-bond donors (Lipinski definition) is 2. The van der Waals surface area contributed by atoms with Gasteiger partial charge in [0.05, 0.1) is 18.2 Å². The van der Waals surface area contributed by atoms with Crippen LogP contribution < -0.4 is 10.6 Å². The normalized spacial score (nSPS) is 21.9. The third-order valence-electron chi connectivity index (χ3n) is 4.37. The summed E-state index contributed by atoms with van der Waals surface area (Å²) in [5, 5.41) is 7.32. The summed E-state index contributed by atoms with van der Waals surface area (Å²) >= 11 is 0. The molecule has 0 aliphatic carbocycles. The van der Waals surface area contributed by atoms with E-state index in [2.05, 4.69) is 10.6 Å². The summed E-state index contributed by atoms with van der Waals surface area (Å²) in [5.74, 6) is 0.808. The molecule has 1 saturated heterocycles. The predicted molar refractivity (Wildman–Crippen MR) is 92.0 cm³/mol. The van der Waals surface area contributed by atoms with Crippen LogP contribution in [-0.2, 0) is 9.53 Å². The maximum absolute atomic E-state index is 12.3. The molecule has 2 aromatic rings. The summed E-state index contributed by atoms with van der Waals surface area (Å²) in [5.41, 5.74) is 1.94. The molecular weight excluding hydrogens is 316 g/mol. The first kappa shape index (κ1) is 17.8. The Labute approximate surface area is 142 Å². The highest BCUT2D eigenvalue weighted by atomic mass is 35.5. The van der Waals surface area contributed by atoms with Crippen LogP contribution in [0.25, 0.3) is 11.0 Å². The van der Waals surface area contributed by atoms with Crippen molar-refractivity contribution in [2.75, 3.05) is 13.7 Å². The number of rotatable bonds is 4. The average molecular weight is 339 g/mol. The van der Waals surface area contributed by atoms with Gasteiger partial charge < -0.3 is 19.8 Å². The number of hydrogen-bond acceptors (Lipinski definition) is 4. The molecule has 1 amide bonds. The zero-order valence-corrected chi connectivity index (χ0v) is 14.4. The summed E-state index contributed by atoms with van der Waals surface area (Å²) in [6.07, 6.45) is 0.813. The van der Waals surface area contributed by atoms with Gasteiger partial charge in [0, 0.05) is 24.6 Å². The maximum Gasteiger partial charge on any atom is 0.237 e. The van der Waals surface area contributed by atoms with E-state index in [1.165, 1.54) is 0 Å². The van der Waals surface area contributed by atoms with Gasteiger partial charge in [0.1, 0.15) is 11.3 Å². The number of ether oxygens (including phenoxy) is 1. The number of aryl methyl sites for hydroxylation is 1. The van der Waals surface area contributed by atoms with E-state index < -0.39 is 0 Å². The lowest BCUT2D eigenvalue weighted by Gasteiger charge is -2.16. The standard InChI is InChI=1S/C17H22N2O3.ClH/c1-10-13-6-4-5-7-15(13)22-16(10)11(2)19-17(20)14-8-12(21-3)9-18-14;/h4-7,11-12,14,18H,8-9H2,1-3H3,(H,19,20);1H/t11?,12-,14+;/m0./s1. The summed E-state index contributed by atoms with van der Waals surface area (Å²) in [4.78, 5) is 12.3. The molecule has 3 atom stereocenters. The van der Waals surface area contributed by atoms with Crippen molar-refractivity contribution in [2.45, 2.75) is 38.5 Å². The van der Waals surface area contributed by atoms with E-state index in [0.29, 0.717) is 13.0 Å². The highest BCUT2D eigenvalue weighted by Crippen LogP contribution is 2.29. The van der Waals surface area contributed by atoms with Crippen LogP contribution in [0.5, 0.6) is 0 Å². The minimum atomic E-state index is -0.197. The van der Waals surface area contributed by atoms with E-state index in [0.717, 1.165) is 22.3 Å². The molecule has 126 valence electrons. The molecule has 0 radical (unpaired) electrons. The number of methoxy groups -OCH3 is 1. The summed E-state index contributed by atoms with van der Waals surface area (Å²) in [6, 6.07) is 7.56. The van der Waals surface area contributed by atoms with Crippen LogP contribution >= 0.6 is 12.4 Å². The van der Waals surface area contributed by atoms with Gasteiger partial charge in [-0.25, -0.2) is 0 Å². The first-order valence-electron chi connectivity index (χ1n) is 7.64. The second kappa shape index (κ2) is 7.34. The molecule has 5 nitrogen and oxygen atoms in total. The number of furan rings is 1. The van der Waals surface area contributed by atoms with Crippen molar-refractivity contribution < 1.29 is 13.9 Å².